The van der Waals surface area contributed by atoms with Gasteiger partial charge in [-0.2, -0.15) is 5.26 Å². The molecule has 0 radical (unpaired) electrons. The van der Waals surface area contributed by atoms with Crippen LogP contribution < -0.4 is 10.6 Å². The van der Waals surface area contributed by atoms with E-state index in [9.17, 15) is 0 Å². The standard InChI is InChI=1S/C13H16ClN3/c1-9-13(3-2-6-16-9)17-11-5-4-10(8-15)12(14)7-11/h4-5,7,9,13,16-17H,2-3,6H2,1H3. The monoisotopic (exact) mass is 249 g/mol. The van der Waals surface area contributed by atoms with Crippen LogP contribution in [-0.2, 0) is 0 Å². The number of benzene rings is 1. The van der Waals surface area contributed by atoms with Crippen molar-refractivity contribution in [2.45, 2.75) is 31.8 Å². The predicted octanol–water partition coefficient (Wildman–Crippen LogP) is 2.76. The molecule has 2 N–H and O–H groups in total. The Labute approximate surface area is 107 Å². The number of hydrogen-bond acceptors (Lipinski definition) is 3. The van der Waals surface area contributed by atoms with Crippen molar-refractivity contribution in [2.24, 2.45) is 0 Å². The second-order valence-corrected chi connectivity index (χ2v) is 4.85. The van der Waals surface area contributed by atoms with Gasteiger partial charge in [0.05, 0.1) is 10.6 Å². The molecule has 90 valence electrons. The molecule has 1 aromatic carbocycles. The van der Waals surface area contributed by atoms with Gasteiger partial charge in [0.15, 0.2) is 0 Å². The minimum atomic E-state index is 0.424. The maximum Gasteiger partial charge on any atom is 0.101 e. The van der Waals surface area contributed by atoms with E-state index >= 15 is 0 Å². The van der Waals surface area contributed by atoms with Crippen LogP contribution in [-0.4, -0.2) is 18.6 Å². The normalized spacial score (nSPS) is 24.1. The van der Waals surface area contributed by atoms with E-state index in [1.807, 2.05) is 12.1 Å². The molecule has 3 nitrogen and oxygen atoms in total. The number of nitrogens with zero attached hydrogens (tertiary/aromatic N) is 1. The van der Waals surface area contributed by atoms with Gasteiger partial charge in [0.25, 0.3) is 0 Å². The van der Waals surface area contributed by atoms with Crippen LogP contribution in [0.15, 0.2) is 18.2 Å². The Kier molecular flexibility index (Phi) is 3.88. The summed E-state index contributed by atoms with van der Waals surface area (Å²) in [6, 6.07) is 8.43. The van der Waals surface area contributed by atoms with Gasteiger partial charge in [0, 0.05) is 17.8 Å². The third kappa shape index (κ3) is 2.91. The summed E-state index contributed by atoms with van der Waals surface area (Å²) >= 11 is 6.01. The van der Waals surface area contributed by atoms with E-state index in [2.05, 4.69) is 23.6 Å². The van der Waals surface area contributed by atoms with Gasteiger partial charge in [-0.25, -0.2) is 0 Å². The Bertz CT molecular complexity index is 439. The van der Waals surface area contributed by atoms with Crippen LogP contribution >= 0.6 is 11.6 Å². The number of nitrogens with one attached hydrogen (secondary N) is 2. The molecule has 2 atom stereocenters. The second kappa shape index (κ2) is 5.39. The van der Waals surface area contributed by atoms with Crippen molar-refractivity contribution in [3.05, 3.63) is 28.8 Å². The average molecular weight is 250 g/mol. The number of hydrogen-bond donors (Lipinski definition) is 2. The first-order chi connectivity index (χ1) is 8.20. The molecule has 1 aromatic rings. The Morgan fingerprint density at radius 3 is 3.00 bits per heavy atom. The van der Waals surface area contributed by atoms with Gasteiger partial charge in [-0.1, -0.05) is 11.6 Å². The zero-order chi connectivity index (χ0) is 12.3. The Hall–Kier alpha value is -1.24. The Balaban J connectivity index is 2.08. The fraction of sp³-hybridized carbons (Fsp3) is 0.462. The van der Waals surface area contributed by atoms with E-state index in [1.54, 1.807) is 6.07 Å². The van der Waals surface area contributed by atoms with Crippen molar-refractivity contribution in [3.63, 3.8) is 0 Å². The van der Waals surface area contributed by atoms with E-state index in [-0.39, 0.29) is 0 Å². The third-order valence-electron chi connectivity index (χ3n) is 3.20. The van der Waals surface area contributed by atoms with Gasteiger partial charge >= 0.3 is 0 Å². The highest BCUT2D eigenvalue weighted by molar-refractivity contribution is 6.32. The number of rotatable bonds is 2. The van der Waals surface area contributed by atoms with E-state index in [0.29, 0.717) is 22.7 Å². The summed E-state index contributed by atoms with van der Waals surface area (Å²) in [5.74, 6) is 0. The van der Waals surface area contributed by atoms with Crippen LogP contribution in [0.2, 0.25) is 5.02 Å². The largest absolute Gasteiger partial charge is 0.381 e. The van der Waals surface area contributed by atoms with Gasteiger partial charge in [-0.05, 0) is 44.5 Å². The number of piperidine rings is 1. The molecule has 2 unspecified atom stereocenters. The predicted molar refractivity (Wildman–Crippen MR) is 70.3 cm³/mol. The van der Waals surface area contributed by atoms with Crippen LogP contribution in [0, 0.1) is 11.3 Å². The molecule has 1 aliphatic heterocycles. The summed E-state index contributed by atoms with van der Waals surface area (Å²) in [5, 5.41) is 16.2. The van der Waals surface area contributed by atoms with Gasteiger partial charge in [-0.15, -0.1) is 0 Å². The van der Waals surface area contributed by atoms with Crippen molar-refractivity contribution in [2.75, 3.05) is 11.9 Å². The van der Waals surface area contributed by atoms with E-state index in [1.165, 1.54) is 6.42 Å². The van der Waals surface area contributed by atoms with Crippen molar-refractivity contribution >= 4 is 17.3 Å². The van der Waals surface area contributed by atoms with Crippen LogP contribution in [0.4, 0.5) is 5.69 Å². The molecule has 1 heterocycles. The molecule has 2 rings (SSSR count). The summed E-state index contributed by atoms with van der Waals surface area (Å²) in [7, 11) is 0. The number of nitriles is 1. The highest BCUT2D eigenvalue weighted by Crippen LogP contribution is 2.22. The van der Waals surface area contributed by atoms with Crippen molar-refractivity contribution in [1.29, 1.82) is 5.26 Å². The van der Waals surface area contributed by atoms with Gasteiger partial charge in [-0.3, -0.25) is 0 Å². The molecule has 0 bridgehead atoms. The van der Waals surface area contributed by atoms with Gasteiger partial charge in [0.1, 0.15) is 6.07 Å². The van der Waals surface area contributed by atoms with Crippen molar-refractivity contribution < 1.29 is 0 Å². The van der Waals surface area contributed by atoms with Crippen LogP contribution in [0.1, 0.15) is 25.3 Å². The highest BCUT2D eigenvalue weighted by Gasteiger charge is 2.20. The summed E-state index contributed by atoms with van der Waals surface area (Å²) < 4.78 is 0. The SMILES string of the molecule is CC1NCCCC1Nc1ccc(C#N)c(Cl)c1. The van der Waals surface area contributed by atoms with Crippen LogP contribution in [0.3, 0.4) is 0 Å². The molecular formula is C13H16ClN3. The van der Waals surface area contributed by atoms with E-state index < -0.39 is 0 Å². The molecule has 1 aliphatic rings. The Morgan fingerprint density at radius 1 is 1.53 bits per heavy atom. The first kappa shape index (κ1) is 12.2. The average Bonchev–Trinajstić information content (AvgIpc) is 2.32. The van der Waals surface area contributed by atoms with Crippen molar-refractivity contribution in [1.82, 2.24) is 5.32 Å². The lowest BCUT2D eigenvalue weighted by molar-refractivity contribution is 0.389. The zero-order valence-corrected chi connectivity index (χ0v) is 10.6. The topological polar surface area (TPSA) is 47.8 Å². The number of halogens is 1. The molecule has 1 saturated heterocycles. The maximum atomic E-state index is 8.81. The first-order valence-electron chi connectivity index (χ1n) is 5.90. The summed E-state index contributed by atoms with van der Waals surface area (Å²) in [6.07, 6.45) is 2.35. The summed E-state index contributed by atoms with van der Waals surface area (Å²) in [5.41, 5.74) is 1.50. The molecular weight excluding hydrogens is 234 g/mol. The molecule has 1 fully saturated rings. The zero-order valence-electron chi connectivity index (χ0n) is 9.83. The van der Waals surface area contributed by atoms with Crippen LogP contribution in [0.25, 0.3) is 0 Å². The molecule has 0 amide bonds. The molecule has 17 heavy (non-hydrogen) atoms. The lowest BCUT2D eigenvalue weighted by Crippen LogP contribution is -2.46. The first-order valence-corrected chi connectivity index (χ1v) is 6.28. The minimum absolute atomic E-state index is 0.424. The molecule has 0 spiro atoms. The van der Waals surface area contributed by atoms with Gasteiger partial charge in [0.2, 0.25) is 0 Å². The minimum Gasteiger partial charge on any atom is -0.381 e. The van der Waals surface area contributed by atoms with Crippen molar-refractivity contribution in [3.8, 4) is 6.07 Å². The van der Waals surface area contributed by atoms with Gasteiger partial charge < -0.3 is 10.6 Å². The van der Waals surface area contributed by atoms with E-state index in [0.717, 1.165) is 18.7 Å². The van der Waals surface area contributed by atoms with Crippen LogP contribution in [0.5, 0.6) is 0 Å². The van der Waals surface area contributed by atoms with E-state index in [4.69, 9.17) is 16.9 Å². The fourth-order valence-electron chi connectivity index (χ4n) is 2.15. The lowest BCUT2D eigenvalue weighted by Gasteiger charge is -2.31. The molecule has 0 aliphatic carbocycles. The molecule has 4 heteroatoms. The molecule has 0 aromatic heterocycles. The second-order valence-electron chi connectivity index (χ2n) is 4.44. The smallest absolute Gasteiger partial charge is 0.101 e. The lowest BCUT2D eigenvalue weighted by atomic mass is 9.99. The quantitative estimate of drug-likeness (QED) is 0.847. The number of anilines is 1. The Morgan fingerprint density at radius 2 is 2.35 bits per heavy atom. The third-order valence-corrected chi connectivity index (χ3v) is 3.52. The molecule has 0 saturated carbocycles. The summed E-state index contributed by atoms with van der Waals surface area (Å²) in [4.78, 5) is 0. The fourth-order valence-corrected chi connectivity index (χ4v) is 2.37. The highest BCUT2D eigenvalue weighted by atomic mass is 35.5. The summed E-state index contributed by atoms with van der Waals surface area (Å²) in [6.45, 7) is 3.27. The maximum absolute atomic E-state index is 8.81.